The molecule has 3 fully saturated rings. The molecule has 6 heterocycles. The van der Waals surface area contributed by atoms with E-state index in [1.54, 1.807) is 36.8 Å². The van der Waals surface area contributed by atoms with Crippen LogP contribution in [0.1, 0.15) is 66.9 Å². The molecule has 3 saturated heterocycles. The van der Waals surface area contributed by atoms with Crippen LogP contribution in [0.4, 0.5) is 30.5 Å². The van der Waals surface area contributed by atoms with Crippen molar-refractivity contribution < 1.29 is 40.8 Å². The molecule has 3 amide bonds. The standard InChI is InChI=1S/C43H45F3N10O6S/c1-24(2)63(61,62)53-34-6-5-32(44)38(39(34)46)40(59)31-22-48-41-30(31)17-26(19-47-41)27-20-49-43(50-21-27)56-15-13-55(14-16-56)37(58)23-54-11-9-25(10-12-54)29-4-3-28(18-33(29)45)51-35-7-8-36(57)52-42(35)60/h3-6,17-22,24-25,35,51,53H,7-16,23H2,1-2H3,(H,47,48)(H,52,57,60). The minimum absolute atomic E-state index is 0.000591. The topological polar surface area (TPSA) is 203 Å². The van der Waals surface area contributed by atoms with Gasteiger partial charge in [-0.1, -0.05) is 6.07 Å². The predicted octanol–water partition coefficient (Wildman–Crippen LogP) is 4.56. The highest BCUT2D eigenvalue weighted by atomic mass is 32.2. The number of piperazine rings is 1. The van der Waals surface area contributed by atoms with E-state index in [1.165, 1.54) is 26.1 Å². The number of carbonyl (C=O) groups is 4. The Kier molecular flexibility index (Phi) is 12.2. The number of aromatic nitrogens is 4. The van der Waals surface area contributed by atoms with E-state index in [4.69, 9.17) is 0 Å². The van der Waals surface area contributed by atoms with E-state index >= 15 is 8.78 Å². The van der Waals surface area contributed by atoms with Crippen LogP contribution in [0.25, 0.3) is 22.2 Å². The molecule has 0 spiro atoms. The number of carbonyl (C=O) groups excluding carboxylic acids is 4. The number of nitrogens with one attached hydrogen (secondary N) is 4. The molecule has 4 N–H and O–H groups in total. The normalized spacial score (nSPS) is 17.9. The van der Waals surface area contributed by atoms with Crippen LogP contribution in [0.5, 0.6) is 0 Å². The van der Waals surface area contributed by atoms with Gasteiger partial charge in [-0.3, -0.25) is 34.1 Å². The molecule has 0 bridgehead atoms. The van der Waals surface area contributed by atoms with Crippen LogP contribution in [0, 0.1) is 17.5 Å². The first-order valence-electron chi connectivity index (χ1n) is 20.6. The van der Waals surface area contributed by atoms with Crippen molar-refractivity contribution in [3.63, 3.8) is 0 Å². The summed E-state index contributed by atoms with van der Waals surface area (Å²) >= 11 is 0. The predicted molar refractivity (Wildman–Crippen MR) is 228 cm³/mol. The third-order valence-electron chi connectivity index (χ3n) is 11.8. The van der Waals surface area contributed by atoms with Crippen LogP contribution < -0.4 is 20.3 Å². The van der Waals surface area contributed by atoms with Gasteiger partial charge in [0.25, 0.3) is 0 Å². The number of likely N-dealkylation sites (tertiary alicyclic amines) is 1. The molecule has 8 rings (SSSR count). The molecule has 0 saturated carbocycles. The molecule has 330 valence electrons. The zero-order valence-electron chi connectivity index (χ0n) is 34.5. The molecular weight excluding hydrogens is 842 g/mol. The maximum atomic E-state index is 15.5. The third kappa shape index (κ3) is 9.22. The molecule has 20 heteroatoms. The molecule has 63 heavy (non-hydrogen) atoms. The molecule has 0 aliphatic carbocycles. The SMILES string of the molecule is CC(C)S(=O)(=O)Nc1ccc(F)c(C(=O)c2c[nH]c3ncc(-c4cnc(N5CCN(C(=O)CN6CCC(c7ccc(NC8CCC(=O)NC8=O)cc7F)CC6)CC5)nc4)cc23)c1F. The lowest BCUT2D eigenvalue weighted by Crippen LogP contribution is -2.52. The number of aromatic amines is 1. The number of sulfonamides is 1. The lowest BCUT2D eigenvalue weighted by molar-refractivity contribution is -0.134. The summed E-state index contributed by atoms with van der Waals surface area (Å²) in [5, 5.41) is 4.69. The van der Waals surface area contributed by atoms with Gasteiger partial charge in [-0.25, -0.2) is 36.5 Å². The van der Waals surface area contributed by atoms with Crippen molar-refractivity contribution in [2.75, 3.05) is 60.8 Å². The average molecular weight is 887 g/mol. The molecule has 3 aliphatic heterocycles. The molecule has 5 aromatic rings. The Bertz CT molecular complexity index is 2700. The van der Waals surface area contributed by atoms with Gasteiger partial charge in [-0.05, 0) is 88.0 Å². The number of fused-ring (bicyclic) bond motifs is 1. The molecule has 1 unspecified atom stereocenters. The number of piperidine rings is 2. The first-order chi connectivity index (χ1) is 30.1. The monoisotopic (exact) mass is 886 g/mol. The average Bonchev–Trinajstić information content (AvgIpc) is 3.70. The van der Waals surface area contributed by atoms with Gasteiger partial charge in [0.2, 0.25) is 39.5 Å². The van der Waals surface area contributed by atoms with Gasteiger partial charge in [-0.2, -0.15) is 0 Å². The summed E-state index contributed by atoms with van der Waals surface area (Å²) in [5.74, 6) is -4.11. The number of anilines is 3. The molecule has 0 radical (unpaired) electrons. The van der Waals surface area contributed by atoms with Crippen LogP contribution in [0.3, 0.4) is 0 Å². The van der Waals surface area contributed by atoms with E-state index in [9.17, 15) is 32.0 Å². The number of nitrogens with zero attached hydrogens (tertiary/aromatic N) is 6. The number of rotatable bonds is 12. The molecule has 3 aliphatic rings. The molecule has 1 atom stereocenters. The summed E-state index contributed by atoms with van der Waals surface area (Å²) in [7, 11) is -3.98. The van der Waals surface area contributed by atoms with Crippen molar-refractivity contribution in [1.82, 2.24) is 35.1 Å². The van der Waals surface area contributed by atoms with Crippen molar-refractivity contribution in [2.24, 2.45) is 0 Å². The lowest BCUT2D eigenvalue weighted by atomic mass is 9.89. The van der Waals surface area contributed by atoms with Crippen molar-refractivity contribution in [2.45, 2.75) is 56.7 Å². The number of benzene rings is 2. The second kappa shape index (κ2) is 17.8. The Labute approximate surface area is 360 Å². The maximum absolute atomic E-state index is 15.5. The quantitative estimate of drug-likeness (QED) is 0.101. The maximum Gasteiger partial charge on any atom is 0.249 e. The summed E-state index contributed by atoms with van der Waals surface area (Å²) < 4.78 is 72.6. The van der Waals surface area contributed by atoms with E-state index in [0.717, 1.165) is 12.1 Å². The van der Waals surface area contributed by atoms with Crippen molar-refractivity contribution in [3.8, 4) is 11.1 Å². The van der Waals surface area contributed by atoms with E-state index < -0.39 is 55.9 Å². The fraction of sp³-hybridized carbons (Fsp3) is 0.372. The fourth-order valence-corrected chi connectivity index (χ4v) is 8.76. The van der Waals surface area contributed by atoms with Gasteiger partial charge in [0, 0.05) is 85.2 Å². The van der Waals surface area contributed by atoms with Crippen LogP contribution in [-0.2, 0) is 24.4 Å². The summed E-state index contributed by atoms with van der Waals surface area (Å²) in [5.41, 5.74) is 0.928. The van der Waals surface area contributed by atoms with Crippen molar-refractivity contribution in [3.05, 3.63) is 95.3 Å². The number of amides is 3. The summed E-state index contributed by atoms with van der Waals surface area (Å²) in [6.45, 7) is 6.32. The van der Waals surface area contributed by atoms with Gasteiger partial charge in [0.1, 0.15) is 23.3 Å². The highest BCUT2D eigenvalue weighted by Gasteiger charge is 2.31. The first-order valence-corrected chi connectivity index (χ1v) is 22.2. The van der Waals surface area contributed by atoms with Crippen LogP contribution in [-0.4, -0.2) is 119 Å². The van der Waals surface area contributed by atoms with E-state index in [2.05, 4.69) is 40.2 Å². The van der Waals surface area contributed by atoms with Gasteiger partial charge in [0.05, 0.1) is 23.0 Å². The Morgan fingerprint density at radius 2 is 1.59 bits per heavy atom. The van der Waals surface area contributed by atoms with Gasteiger partial charge in [0.15, 0.2) is 5.82 Å². The van der Waals surface area contributed by atoms with Crippen molar-refractivity contribution in [1.29, 1.82) is 0 Å². The number of hydrogen-bond acceptors (Lipinski definition) is 12. The largest absolute Gasteiger partial charge is 0.374 e. The van der Waals surface area contributed by atoms with Crippen LogP contribution in [0.2, 0.25) is 0 Å². The van der Waals surface area contributed by atoms with E-state index in [-0.39, 0.29) is 53.1 Å². The highest BCUT2D eigenvalue weighted by molar-refractivity contribution is 7.93. The number of pyridine rings is 1. The second-order valence-corrected chi connectivity index (χ2v) is 18.4. The summed E-state index contributed by atoms with van der Waals surface area (Å²) in [4.78, 5) is 72.7. The fourth-order valence-electron chi connectivity index (χ4n) is 8.06. The Balaban J connectivity index is 0.838. The number of ketones is 1. The van der Waals surface area contributed by atoms with Crippen LogP contribution >= 0.6 is 0 Å². The number of hydrogen-bond donors (Lipinski definition) is 4. The number of H-pyrrole nitrogens is 1. The third-order valence-corrected chi connectivity index (χ3v) is 13.6. The Morgan fingerprint density at radius 1 is 0.873 bits per heavy atom. The van der Waals surface area contributed by atoms with Gasteiger partial charge >= 0.3 is 0 Å². The minimum atomic E-state index is -3.98. The molecule has 16 nitrogen and oxygen atoms in total. The minimum Gasteiger partial charge on any atom is -0.374 e. The molecule has 3 aromatic heterocycles. The Hall–Kier alpha value is -6.41. The number of halogens is 3. The van der Waals surface area contributed by atoms with Gasteiger partial charge < -0.3 is 20.1 Å². The zero-order chi connectivity index (χ0) is 44.6. The first kappa shape index (κ1) is 43.2. The second-order valence-electron chi connectivity index (χ2n) is 16.2. The van der Waals surface area contributed by atoms with Crippen molar-refractivity contribution >= 4 is 61.9 Å². The smallest absolute Gasteiger partial charge is 0.249 e. The molecule has 2 aromatic carbocycles. The zero-order valence-corrected chi connectivity index (χ0v) is 35.3. The van der Waals surface area contributed by atoms with E-state index in [1.807, 2.05) is 9.80 Å². The lowest BCUT2D eigenvalue weighted by Gasteiger charge is -2.37. The highest BCUT2D eigenvalue weighted by Crippen LogP contribution is 2.33. The Morgan fingerprint density at radius 3 is 2.27 bits per heavy atom. The molecular formula is C43H45F3N10O6S. The number of imide groups is 1. The van der Waals surface area contributed by atoms with Gasteiger partial charge in [-0.15, -0.1) is 0 Å². The summed E-state index contributed by atoms with van der Waals surface area (Å²) in [6.07, 6.45) is 8.00. The van der Waals surface area contributed by atoms with E-state index in [0.29, 0.717) is 86.9 Å². The van der Waals surface area contributed by atoms with Crippen LogP contribution in [0.15, 0.2) is 61.2 Å². The summed E-state index contributed by atoms with van der Waals surface area (Å²) in [6, 6.07) is 7.67.